The van der Waals surface area contributed by atoms with Gasteiger partial charge in [0.05, 0.1) is 7.11 Å². The fourth-order valence-electron chi connectivity index (χ4n) is 2.07. The van der Waals surface area contributed by atoms with Gasteiger partial charge in [0.1, 0.15) is 19.0 Å². The van der Waals surface area contributed by atoms with Crippen molar-refractivity contribution in [2.45, 2.75) is 0 Å². The molecule has 0 unspecified atom stereocenters. The topological polar surface area (TPSA) is 114 Å². The highest BCUT2D eigenvalue weighted by Crippen LogP contribution is 2.21. The number of hydrogen-bond acceptors (Lipinski definition) is 5. The summed E-state index contributed by atoms with van der Waals surface area (Å²) in [6.07, 6.45) is 0. The van der Waals surface area contributed by atoms with Crippen molar-refractivity contribution in [1.82, 2.24) is 0 Å². The molecule has 4 N–H and O–H groups in total. The van der Waals surface area contributed by atoms with Crippen molar-refractivity contribution in [3.8, 4) is 11.1 Å². The minimum Gasteiger partial charge on any atom is -0.467 e. The van der Waals surface area contributed by atoms with Crippen molar-refractivity contribution >= 4 is 23.4 Å². The number of benzene rings is 2. The van der Waals surface area contributed by atoms with E-state index < -0.39 is 5.97 Å². The first-order chi connectivity index (χ1) is 12.0. The highest BCUT2D eigenvalue weighted by Gasteiger charge is 2.06. The number of amides is 1. The number of methoxy groups -OCH3 is 1. The van der Waals surface area contributed by atoms with Gasteiger partial charge in [0.15, 0.2) is 0 Å². The minimum atomic E-state index is -0.534. The Morgan fingerprint density at radius 3 is 2.08 bits per heavy atom. The van der Waals surface area contributed by atoms with Gasteiger partial charge >= 0.3 is 5.97 Å². The lowest BCUT2D eigenvalue weighted by Gasteiger charge is -2.08. The molecule has 0 fully saturated rings. The van der Waals surface area contributed by atoms with Gasteiger partial charge in [-0.25, -0.2) is 4.79 Å². The quantitative estimate of drug-likeness (QED) is 0.403. The molecule has 0 heterocycles. The lowest BCUT2D eigenvalue weighted by molar-refractivity contribution is -0.146. The first-order valence-corrected chi connectivity index (χ1v) is 7.49. The van der Waals surface area contributed by atoms with Crippen LogP contribution in [0.3, 0.4) is 0 Å². The van der Waals surface area contributed by atoms with E-state index >= 15 is 0 Å². The minimum absolute atomic E-state index is 0.0269. The van der Waals surface area contributed by atoms with Crippen LogP contribution in [-0.4, -0.2) is 38.0 Å². The van der Waals surface area contributed by atoms with Crippen molar-refractivity contribution in [3.63, 3.8) is 0 Å². The average Bonchev–Trinajstić information content (AvgIpc) is 2.62. The Labute approximate surface area is 145 Å². The van der Waals surface area contributed by atoms with E-state index in [-0.39, 0.29) is 25.0 Å². The molecule has 0 atom stereocenters. The number of nitrogens with two attached hydrogens (primary N) is 1. The summed E-state index contributed by atoms with van der Waals surface area (Å²) in [6.45, 7) is -0.498. The zero-order valence-corrected chi connectivity index (χ0v) is 13.7. The van der Waals surface area contributed by atoms with E-state index in [0.717, 1.165) is 11.1 Å². The van der Waals surface area contributed by atoms with Crippen molar-refractivity contribution in [2.75, 3.05) is 25.6 Å². The van der Waals surface area contributed by atoms with E-state index in [1.807, 2.05) is 24.3 Å². The van der Waals surface area contributed by atoms with Crippen molar-refractivity contribution in [3.05, 3.63) is 54.1 Å². The zero-order chi connectivity index (χ0) is 18.2. The third kappa shape index (κ3) is 5.43. The lowest BCUT2D eigenvalue weighted by atomic mass is 10.0. The maximum atomic E-state index is 11.7. The highest BCUT2D eigenvalue weighted by molar-refractivity contribution is 5.95. The van der Waals surface area contributed by atoms with E-state index in [9.17, 15) is 9.59 Å². The van der Waals surface area contributed by atoms with Crippen LogP contribution in [0.15, 0.2) is 48.5 Å². The number of hydrogen-bond donors (Lipinski definition) is 3. The molecule has 0 aliphatic heterocycles. The van der Waals surface area contributed by atoms with Crippen LogP contribution >= 0.6 is 0 Å². The number of anilines is 1. The summed E-state index contributed by atoms with van der Waals surface area (Å²) in [5.41, 5.74) is 8.67. The molecular weight excluding hydrogens is 322 g/mol. The summed E-state index contributed by atoms with van der Waals surface area (Å²) < 4.78 is 9.34. The molecule has 0 saturated carbocycles. The smallest absolute Gasteiger partial charge is 0.331 e. The normalized spacial score (nSPS) is 10.1. The van der Waals surface area contributed by atoms with E-state index in [4.69, 9.17) is 15.9 Å². The average molecular weight is 341 g/mol. The van der Waals surface area contributed by atoms with Gasteiger partial charge in [-0.05, 0) is 23.3 Å². The molecule has 0 radical (unpaired) electrons. The first-order valence-electron chi connectivity index (χ1n) is 7.49. The molecule has 25 heavy (non-hydrogen) atoms. The summed E-state index contributed by atoms with van der Waals surface area (Å²) >= 11 is 0. The number of nitrogens with one attached hydrogen (secondary N) is 2. The fraction of sp³-hybridized carbons (Fsp3) is 0.167. The summed E-state index contributed by atoms with van der Waals surface area (Å²) in [6, 6.07) is 14.6. The van der Waals surface area contributed by atoms with Gasteiger partial charge in [-0.1, -0.05) is 36.4 Å². The predicted octanol–water partition coefficient (Wildman–Crippen LogP) is 1.77. The number of ether oxygens (including phenoxy) is 2. The first kappa shape index (κ1) is 18.2. The van der Waals surface area contributed by atoms with Crippen LogP contribution in [-0.2, 0) is 19.1 Å². The Morgan fingerprint density at radius 1 is 1.00 bits per heavy atom. The molecule has 130 valence electrons. The second kappa shape index (κ2) is 8.60. The largest absolute Gasteiger partial charge is 0.467 e. The van der Waals surface area contributed by atoms with Crippen molar-refractivity contribution in [2.24, 2.45) is 5.73 Å². The standard InChI is InChI=1S/C18H19N3O4/c1-24-17(23)11-25-10-16(22)21-15-8-6-13(7-9-15)12-2-4-14(5-3-12)18(19)20/h2-9H,10-11H2,1H3,(H3,19,20)(H,21,22). The number of carbonyl (C=O) groups excluding carboxylic acids is 2. The summed E-state index contributed by atoms with van der Waals surface area (Å²) in [4.78, 5) is 22.6. The Balaban J connectivity index is 1.92. The van der Waals surface area contributed by atoms with Crippen LogP contribution in [0.5, 0.6) is 0 Å². The van der Waals surface area contributed by atoms with Crippen LogP contribution in [0.4, 0.5) is 5.69 Å². The van der Waals surface area contributed by atoms with E-state index in [1.165, 1.54) is 7.11 Å². The van der Waals surface area contributed by atoms with E-state index in [0.29, 0.717) is 11.3 Å². The van der Waals surface area contributed by atoms with Crippen LogP contribution in [0, 0.1) is 5.41 Å². The zero-order valence-electron chi connectivity index (χ0n) is 13.7. The second-order valence-corrected chi connectivity index (χ2v) is 5.19. The molecule has 1 amide bonds. The number of esters is 1. The Morgan fingerprint density at radius 2 is 1.56 bits per heavy atom. The summed E-state index contributed by atoms with van der Waals surface area (Å²) in [7, 11) is 1.25. The molecule has 0 saturated heterocycles. The molecule has 0 aromatic heterocycles. The molecule has 0 bridgehead atoms. The third-order valence-electron chi connectivity index (χ3n) is 3.38. The molecular formula is C18H19N3O4. The monoisotopic (exact) mass is 341 g/mol. The molecule has 2 aromatic rings. The molecule has 7 nitrogen and oxygen atoms in total. The Bertz CT molecular complexity index is 755. The maximum Gasteiger partial charge on any atom is 0.331 e. The molecule has 7 heteroatoms. The van der Waals surface area contributed by atoms with Crippen molar-refractivity contribution in [1.29, 1.82) is 5.41 Å². The number of amidine groups is 1. The maximum absolute atomic E-state index is 11.7. The Kier molecular flexibility index (Phi) is 6.25. The summed E-state index contributed by atoms with van der Waals surface area (Å²) in [5.74, 6) is -0.866. The summed E-state index contributed by atoms with van der Waals surface area (Å²) in [5, 5.41) is 10.1. The third-order valence-corrected chi connectivity index (χ3v) is 3.38. The molecule has 2 rings (SSSR count). The van der Waals surface area contributed by atoms with E-state index in [2.05, 4.69) is 10.1 Å². The van der Waals surface area contributed by atoms with Crippen LogP contribution in [0.1, 0.15) is 5.56 Å². The highest BCUT2D eigenvalue weighted by atomic mass is 16.6. The number of rotatable bonds is 7. The van der Waals surface area contributed by atoms with Gasteiger partial charge < -0.3 is 20.5 Å². The molecule has 0 aliphatic carbocycles. The predicted molar refractivity (Wildman–Crippen MR) is 94.4 cm³/mol. The van der Waals surface area contributed by atoms with Gasteiger partial charge in [-0.15, -0.1) is 0 Å². The van der Waals surface area contributed by atoms with Crippen LogP contribution in [0.25, 0.3) is 11.1 Å². The van der Waals surface area contributed by atoms with Gasteiger partial charge in [-0.2, -0.15) is 0 Å². The van der Waals surface area contributed by atoms with Gasteiger partial charge in [-0.3, -0.25) is 10.2 Å². The molecule has 0 spiro atoms. The van der Waals surface area contributed by atoms with Gasteiger partial charge in [0.2, 0.25) is 5.91 Å². The van der Waals surface area contributed by atoms with Gasteiger partial charge in [0.25, 0.3) is 0 Å². The van der Waals surface area contributed by atoms with Crippen LogP contribution in [0.2, 0.25) is 0 Å². The van der Waals surface area contributed by atoms with Crippen LogP contribution < -0.4 is 11.1 Å². The number of nitrogen functional groups attached to an aromatic ring is 1. The molecule has 2 aromatic carbocycles. The molecule has 0 aliphatic rings. The SMILES string of the molecule is COC(=O)COCC(=O)Nc1ccc(-c2ccc(C(=N)N)cc2)cc1. The number of carbonyl (C=O) groups is 2. The lowest BCUT2D eigenvalue weighted by Crippen LogP contribution is -2.21. The van der Waals surface area contributed by atoms with Crippen molar-refractivity contribution < 1.29 is 19.1 Å². The van der Waals surface area contributed by atoms with E-state index in [1.54, 1.807) is 24.3 Å². The fourth-order valence-corrected chi connectivity index (χ4v) is 2.07. The second-order valence-electron chi connectivity index (χ2n) is 5.19. The Hall–Kier alpha value is -3.19. The van der Waals surface area contributed by atoms with Gasteiger partial charge in [0, 0.05) is 11.3 Å².